The molecule has 88 valence electrons. The molecule has 5 heteroatoms. The molecule has 0 aliphatic carbocycles. The van der Waals surface area contributed by atoms with Crippen LogP contribution in [0.1, 0.15) is 12.5 Å². The zero-order valence-electron chi connectivity index (χ0n) is 10.2. The third kappa shape index (κ3) is 13.5. The first-order valence-corrected chi connectivity index (χ1v) is 6.18. The smallest absolute Gasteiger partial charge is 0.748 e. The summed E-state index contributed by atoms with van der Waals surface area (Å²) >= 11 is 0. The van der Waals surface area contributed by atoms with Gasteiger partial charge in [-0.15, -0.1) is 0 Å². The Kier molecular flexibility index (Phi) is 10.7. The van der Waals surface area contributed by atoms with Crippen LogP contribution < -0.4 is 29.6 Å². The zero-order valence-corrected chi connectivity index (χ0v) is 13.0. The van der Waals surface area contributed by atoms with Crippen LogP contribution in [0.4, 0.5) is 0 Å². The first kappa shape index (κ1) is 19.0. The van der Waals surface area contributed by atoms with Crippen LogP contribution >= 0.6 is 0 Å². The fourth-order valence-electron chi connectivity index (χ4n) is 0.891. The molecule has 0 aromatic heterocycles. The largest absolute Gasteiger partial charge is 1.00 e. The summed E-state index contributed by atoms with van der Waals surface area (Å²) < 4.78 is 29.5. The molecule has 0 unspecified atom stereocenters. The molecule has 0 radical (unpaired) electrons. The van der Waals surface area contributed by atoms with E-state index in [4.69, 9.17) is 0 Å². The van der Waals surface area contributed by atoms with Gasteiger partial charge in [0.1, 0.15) is 0 Å². The Bertz CT molecular complexity index is 438. The summed E-state index contributed by atoms with van der Waals surface area (Å²) in [7, 11) is -4.07. The monoisotopic (exact) mass is 262 g/mol. The number of benzene rings is 1. The molecule has 0 saturated carbocycles. The van der Waals surface area contributed by atoms with Crippen molar-refractivity contribution in [1.29, 1.82) is 0 Å². The molecule has 0 spiro atoms. The Balaban J connectivity index is 0. The van der Waals surface area contributed by atoms with Gasteiger partial charge in [0.05, 0.1) is 15.9 Å². The Hall–Kier alpha value is -0.390. The minimum absolute atomic E-state index is 0. The van der Waals surface area contributed by atoms with Crippen molar-refractivity contribution in [2.75, 3.05) is 5.75 Å². The summed E-state index contributed by atoms with van der Waals surface area (Å²) in [5.74, 6) is -0.451. The average Bonchev–Trinajstić information content (AvgIpc) is 2.16. The second-order valence-corrected chi connectivity index (χ2v) is 4.68. The summed E-state index contributed by atoms with van der Waals surface area (Å²) in [6.45, 7) is 8.39. The van der Waals surface area contributed by atoms with Gasteiger partial charge >= 0.3 is 29.6 Å². The van der Waals surface area contributed by atoms with Gasteiger partial charge in [-0.2, -0.15) is 0 Å². The van der Waals surface area contributed by atoms with E-state index in [-0.39, 0.29) is 29.6 Å². The molecule has 17 heavy (non-hydrogen) atoms. The average molecular weight is 262 g/mol. The standard InChI is InChI=1S/C8H8.C4H8O3S.Na/c1-2-8-6-4-3-5-7-8;1-4(2)3-8(5,6)7;/h2-7H,1H2;1,3H2,2H3,(H,5,6,7);/q;;+1/p-1. The van der Waals surface area contributed by atoms with E-state index in [0.717, 1.165) is 0 Å². The Morgan fingerprint density at radius 2 is 1.82 bits per heavy atom. The molecule has 1 aromatic carbocycles. The van der Waals surface area contributed by atoms with Crippen molar-refractivity contribution in [2.45, 2.75) is 6.92 Å². The Labute approximate surface area is 125 Å². The van der Waals surface area contributed by atoms with E-state index < -0.39 is 15.9 Å². The Morgan fingerprint density at radius 3 is 2.00 bits per heavy atom. The predicted molar refractivity (Wildman–Crippen MR) is 65.9 cm³/mol. The minimum atomic E-state index is -4.07. The second-order valence-electron chi connectivity index (χ2n) is 3.27. The van der Waals surface area contributed by atoms with E-state index >= 15 is 0 Å². The number of rotatable bonds is 3. The van der Waals surface area contributed by atoms with Crippen LogP contribution in [0.3, 0.4) is 0 Å². The quantitative estimate of drug-likeness (QED) is 0.417. The predicted octanol–water partition coefficient (Wildman–Crippen LogP) is -0.559. The summed E-state index contributed by atoms with van der Waals surface area (Å²) in [5, 5.41) is 0. The fraction of sp³-hybridized carbons (Fsp3) is 0.167. The summed E-state index contributed by atoms with van der Waals surface area (Å²) in [6.07, 6.45) is 1.83. The molecule has 0 atom stereocenters. The van der Waals surface area contributed by atoms with E-state index in [9.17, 15) is 13.0 Å². The van der Waals surface area contributed by atoms with Gasteiger partial charge in [-0.3, -0.25) is 0 Å². The van der Waals surface area contributed by atoms with Gasteiger partial charge in [0, 0.05) is 0 Å². The second kappa shape index (κ2) is 9.62. The van der Waals surface area contributed by atoms with Crippen LogP contribution in [0.2, 0.25) is 0 Å². The summed E-state index contributed by atoms with van der Waals surface area (Å²) in [4.78, 5) is 0. The van der Waals surface area contributed by atoms with Gasteiger partial charge in [0.2, 0.25) is 0 Å². The van der Waals surface area contributed by atoms with Crippen LogP contribution in [-0.2, 0) is 10.1 Å². The van der Waals surface area contributed by atoms with Crippen molar-refractivity contribution in [3.63, 3.8) is 0 Å². The van der Waals surface area contributed by atoms with Gasteiger partial charge < -0.3 is 4.55 Å². The topological polar surface area (TPSA) is 57.2 Å². The maximum Gasteiger partial charge on any atom is 1.00 e. The number of hydrogen-bond donors (Lipinski definition) is 0. The molecule has 0 heterocycles. The fourth-order valence-corrected chi connectivity index (χ4v) is 1.49. The van der Waals surface area contributed by atoms with Crippen molar-refractivity contribution in [1.82, 2.24) is 0 Å². The van der Waals surface area contributed by atoms with Crippen molar-refractivity contribution in [3.05, 3.63) is 54.6 Å². The SMILES string of the molecule is C=C(C)CS(=O)(=O)[O-].C=Cc1ccccc1.[Na+]. The molecule has 1 rings (SSSR count). The van der Waals surface area contributed by atoms with Gasteiger partial charge in [0.15, 0.2) is 0 Å². The molecule has 0 fully saturated rings. The van der Waals surface area contributed by atoms with E-state index in [1.54, 1.807) is 0 Å². The third-order valence-electron chi connectivity index (χ3n) is 1.46. The maximum absolute atomic E-state index is 9.83. The first-order chi connectivity index (χ1) is 7.35. The zero-order chi connectivity index (χ0) is 12.6. The molecule has 0 saturated heterocycles. The molecule has 0 amide bonds. The van der Waals surface area contributed by atoms with Crippen LogP contribution in [-0.4, -0.2) is 18.7 Å². The maximum atomic E-state index is 9.83. The minimum Gasteiger partial charge on any atom is -0.748 e. The van der Waals surface area contributed by atoms with Crippen molar-refractivity contribution >= 4 is 16.2 Å². The van der Waals surface area contributed by atoms with E-state index in [1.807, 2.05) is 36.4 Å². The van der Waals surface area contributed by atoms with Crippen LogP contribution in [0.25, 0.3) is 6.08 Å². The molecular formula is C12H15NaO3S. The molecule has 0 aliphatic heterocycles. The third-order valence-corrected chi connectivity index (χ3v) is 2.30. The number of hydrogen-bond acceptors (Lipinski definition) is 3. The van der Waals surface area contributed by atoms with Crippen LogP contribution in [0.5, 0.6) is 0 Å². The van der Waals surface area contributed by atoms with Gasteiger partial charge in [-0.1, -0.05) is 55.1 Å². The van der Waals surface area contributed by atoms with Gasteiger partial charge in [-0.05, 0) is 12.5 Å². The molecule has 0 bridgehead atoms. The molecule has 0 N–H and O–H groups in total. The molecule has 3 nitrogen and oxygen atoms in total. The van der Waals surface area contributed by atoms with Gasteiger partial charge in [0.25, 0.3) is 0 Å². The van der Waals surface area contributed by atoms with Gasteiger partial charge in [-0.25, -0.2) is 8.42 Å². The Morgan fingerprint density at radius 1 is 1.35 bits per heavy atom. The van der Waals surface area contributed by atoms with Crippen molar-refractivity contribution in [3.8, 4) is 0 Å². The summed E-state index contributed by atoms with van der Waals surface area (Å²) in [5.41, 5.74) is 1.55. The van der Waals surface area contributed by atoms with Crippen LogP contribution in [0.15, 0.2) is 49.1 Å². The van der Waals surface area contributed by atoms with Crippen LogP contribution in [0, 0.1) is 0 Å². The molecule has 1 aromatic rings. The van der Waals surface area contributed by atoms with Crippen molar-refractivity contribution in [2.24, 2.45) is 0 Å². The first-order valence-electron chi connectivity index (χ1n) is 4.60. The normalized spacial score (nSPS) is 9.29. The molecular weight excluding hydrogens is 247 g/mol. The van der Waals surface area contributed by atoms with Crippen molar-refractivity contribution < 1.29 is 42.5 Å². The van der Waals surface area contributed by atoms with E-state index in [2.05, 4.69) is 13.2 Å². The van der Waals surface area contributed by atoms with E-state index in [1.165, 1.54) is 12.5 Å². The van der Waals surface area contributed by atoms with E-state index in [0.29, 0.717) is 5.57 Å². The molecule has 0 aliphatic rings. The summed E-state index contributed by atoms with van der Waals surface area (Å²) in [6, 6.07) is 10.0.